The zero-order chi connectivity index (χ0) is 20.5. The zero-order valence-electron chi connectivity index (χ0n) is 14.9. The Labute approximate surface area is 170 Å². The molecule has 0 bridgehead atoms. The third-order valence-electron chi connectivity index (χ3n) is 4.61. The van der Waals surface area contributed by atoms with E-state index in [-0.39, 0.29) is 22.1 Å². The quantitative estimate of drug-likeness (QED) is 0.351. The largest absolute Gasteiger partial charge is 0.394 e. The fourth-order valence-corrected chi connectivity index (χ4v) is 3.30. The highest BCUT2D eigenvalue weighted by Gasteiger charge is 2.44. The minimum atomic E-state index is -1.30. The van der Waals surface area contributed by atoms with Crippen LogP contribution in [0.5, 0.6) is 0 Å². The van der Waals surface area contributed by atoms with Crippen molar-refractivity contribution >= 4 is 22.8 Å². The molecule has 5 atom stereocenters. The molecular weight excluding hydrogens is 400 g/mol. The number of halogens is 1. The summed E-state index contributed by atoms with van der Waals surface area (Å²) >= 11 is 6.19. The molecule has 150 valence electrons. The molecule has 1 aliphatic rings. The van der Waals surface area contributed by atoms with Crippen molar-refractivity contribution in [2.24, 2.45) is 0 Å². The first kappa shape index (κ1) is 19.7. The Morgan fingerprint density at radius 3 is 2.62 bits per heavy atom. The van der Waals surface area contributed by atoms with Gasteiger partial charge in [-0.15, -0.1) is 0 Å². The molecule has 3 aromatic rings. The molecule has 1 saturated heterocycles. The van der Waals surface area contributed by atoms with Crippen LogP contribution in [0.1, 0.15) is 23.7 Å². The normalized spacial score (nSPS) is 25.0. The van der Waals surface area contributed by atoms with Crippen molar-refractivity contribution in [3.05, 3.63) is 53.2 Å². The predicted octanol–water partition coefficient (Wildman–Crippen LogP) is 0.176. The van der Waals surface area contributed by atoms with Crippen LogP contribution in [-0.4, -0.2) is 64.9 Å². The number of ether oxygens (including phenoxy) is 1. The van der Waals surface area contributed by atoms with Gasteiger partial charge in [0.15, 0.2) is 17.0 Å². The number of fused-ring (bicyclic) bond motifs is 1. The van der Waals surface area contributed by atoms with Gasteiger partial charge in [0.25, 0.3) is 0 Å². The second-order valence-corrected chi connectivity index (χ2v) is 6.83. The maximum atomic E-state index is 10.3. The van der Waals surface area contributed by atoms with E-state index < -0.39 is 37.3 Å². The van der Waals surface area contributed by atoms with Gasteiger partial charge in [-0.2, -0.15) is 0 Å². The number of aromatic nitrogens is 4. The Balaban J connectivity index is 1.69. The summed E-state index contributed by atoms with van der Waals surface area (Å²) < 4.78 is 6.91. The van der Waals surface area contributed by atoms with Gasteiger partial charge in [0.1, 0.15) is 29.9 Å². The number of imidazole rings is 1. The van der Waals surface area contributed by atoms with Crippen LogP contribution in [-0.2, 0) is 4.74 Å². The van der Waals surface area contributed by atoms with Crippen LogP contribution in [0, 0.1) is 11.8 Å². The average molecular weight is 417 g/mol. The number of rotatable bonds is 3. The predicted molar refractivity (Wildman–Crippen MR) is 102 cm³/mol. The first-order valence-corrected chi connectivity index (χ1v) is 9.14. The summed E-state index contributed by atoms with van der Waals surface area (Å²) in [4.78, 5) is 12.5. The van der Waals surface area contributed by atoms with Gasteiger partial charge in [-0.1, -0.05) is 47.9 Å². The SMILES string of the molecule is OC[C@H]1O[C@@H](n2cnc3c(Cl)nc(C#C[C@@H](O)c4ccccc4)nc32)[C@H](O)[C@@H]1O. The molecule has 0 radical (unpaired) electrons. The summed E-state index contributed by atoms with van der Waals surface area (Å²) in [7, 11) is 0. The molecule has 29 heavy (non-hydrogen) atoms. The average Bonchev–Trinajstić information content (AvgIpc) is 3.28. The van der Waals surface area contributed by atoms with Gasteiger partial charge in [-0.05, 0) is 11.5 Å². The minimum Gasteiger partial charge on any atom is -0.394 e. The van der Waals surface area contributed by atoms with Crippen molar-refractivity contribution in [1.29, 1.82) is 0 Å². The van der Waals surface area contributed by atoms with Crippen LogP contribution in [0.4, 0.5) is 0 Å². The van der Waals surface area contributed by atoms with E-state index in [0.29, 0.717) is 5.56 Å². The van der Waals surface area contributed by atoms with Crippen molar-refractivity contribution in [2.45, 2.75) is 30.6 Å². The third kappa shape index (κ3) is 3.70. The summed E-state index contributed by atoms with van der Waals surface area (Å²) in [5, 5.41) is 39.7. The molecular formula is C19H17ClN4O5. The van der Waals surface area contributed by atoms with Crippen molar-refractivity contribution < 1.29 is 25.2 Å². The fourth-order valence-electron chi connectivity index (χ4n) is 3.09. The molecule has 4 N–H and O–H groups in total. The zero-order valence-corrected chi connectivity index (χ0v) is 15.7. The Morgan fingerprint density at radius 1 is 1.17 bits per heavy atom. The Kier molecular flexibility index (Phi) is 5.47. The number of aliphatic hydroxyl groups excluding tert-OH is 4. The lowest BCUT2D eigenvalue weighted by molar-refractivity contribution is -0.0511. The maximum Gasteiger partial charge on any atom is 0.208 e. The van der Waals surface area contributed by atoms with Crippen molar-refractivity contribution in [3.63, 3.8) is 0 Å². The number of aliphatic hydroxyl groups is 4. The molecule has 0 unspecified atom stereocenters. The molecule has 1 aliphatic heterocycles. The summed E-state index contributed by atoms with van der Waals surface area (Å²) in [6.07, 6.45) is -4.20. The number of benzene rings is 1. The smallest absolute Gasteiger partial charge is 0.208 e. The van der Waals surface area contributed by atoms with E-state index in [2.05, 4.69) is 26.8 Å². The van der Waals surface area contributed by atoms with Crippen LogP contribution in [0.15, 0.2) is 36.7 Å². The summed E-state index contributed by atoms with van der Waals surface area (Å²) in [5.74, 6) is 5.39. The van der Waals surface area contributed by atoms with E-state index in [9.17, 15) is 20.4 Å². The van der Waals surface area contributed by atoms with Gasteiger partial charge < -0.3 is 25.2 Å². The molecule has 2 aromatic heterocycles. The van der Waals surface area contributed by atoms with Gasteiger partial charge >= 0.3 is 0 Å². The monoisotopic (exact) mass is 416 g/mol. The number of nitrogens with zero attached hydrogens (tertiary/aromatic N) is 4. The van der Waals surface area contributed by atoms with Gasteiger partial charge in [-0.25, -0.2) is 15.0 Å². The van der Waals surface area contributed by atoms with E-state index >= 15 is 0 Å². The third-order valence-corrected chi connectivity index (χ3v) is 4.87. The summed E-state index contributed by atoms with van der Waals surface area (Å²) in [6.45, 7) is -0.453. The Hall–Kier alpha value is -2.58. The molecule has 0 saturated carbocycles. The number of hydrogen-bond donors (Lipinski definition) is 4. The topological polar surface area (TPSA) is 134 Å². The first-order chi connectivity index (χ1) is 14.0. The van der Waals surface area contributed by atoms with Gasteiger partial charge in [0, 0.05) is 0 Å². The van der Waals surface area contributed by atoms with E-state index in [1.165, 1.54) is 10.9 Å². The lowest BCUT2D eigenvalue weighted by atomic mass is 10.1. The second-order valence-electron chi connectivity index (χ2n) is 6.47. The molecule has 9 nitrogen and oxygen atoms in total. The van der Waals surface area contributed by atoms with Crippen LogP contribution in [0.2, 0.25) is 5.15 Å². The molecule has 3 heterocycles. The van der Waals surface area contributed by atoms with Crippen LogP contribution in [0.25, 0.3) is 11.2 Å². The lowest BCUT2D eigenvalue weighted by Gasteiger charge is -2.16. The molecule has 0 amide bonds. The molecule has 10 heteroatoms. The fraction of sp³-hybridized carbons (Fsp3) is 0.316. The van der Waals surface area contributed by atoms with Crippen molar-refractivity contribution in [3.8, 4) is 11.8 Å². The maximum absolute atomic E-state index is 10.3. The highest BCUT2D eigenvalue weighted by molar-refractivity contribution is 6.33. The van der Waals surface area contributed by atoms with Crippen molar-refractivity contribution in [2.75, 3.05) is 6.61 Å². The summed E-state index contributed by atoms with van der Waals surface area (Å²) in [5.41, 5.74) is 1.13. The Bertz CT molecular complexity index is 1080. The van der Waals surface area contributed by atoms with Crippen LogP contribution < -0.4 is 0 Å². The van der Waals surface area contributed by atoms with Gasteiger partial charge in [-0.3, -0.25) is 4.57 Å². The Morgan fingerprint density at radius 2 is 1.93 bits per heavy atom. The minimum absolute atomic E-state index is 0.0407. The number of hydrogen-bond acceptors (Lipinski definition) is 8. The van der Waals surface area contributed by atoms with Crippen molar-refractivity contribution in [1.82, 2.24) is 19.5 Å². The van der Waals surface area contributed by atoms with E-state index in [4.69, 9.17) is 16.3 Å². The van der Waals surface area contributed by atoms with E-state index in [1.54, 1.807) is 24.3 Å². The lowest BCUT2D eigenvalue weighted by Crippen LogP contribution is -2.33. The molecule has 0 aliphatic carbocycles. The highest BCUT2D eigenvalue weighted by atomic mass is 35.5. The molecule has 1 fully saturated rings. The molecule has 4 rings (SSSR count). The molecule has 1 aromatic carbocycles. The van der Waals surface area contributed by atoms with E-state index in [0.717, 1.165) is 0 Å². The standard InChI is InChI=1S/C19H17ClN4O5/c20-17-14-18(24(9-21-14)19-16(28)15(27)12(8-25)29-19)23-13(22-17)7-6-11(26)10-4-2-1-3-5-10/h1-5,9,11-12,15-16,19,25-28H,8H2/t11-,12-,15-,16-,19-/m1/s1. The van der Waals surface area contributed by atoms with Crippen LogP contribution >= 0.6 is 11.6 Å². The molecule has 0 spiro atoms. The summed E-state index contributed by atoms with van der Waals surface area (Å²) in [6, 6.07) is 8.90. The second kappa shape index (κ2) is 8.04. The first-order valence-electron chi connectivity index (χ1n) is 8.76. The van der Waals surface area contributed by atoms with E-state index in [1.807, 2.05) is 6.07 Å². The van der Waals surface area contributed by atoms with Crippen LogP contribution in [0.3, 0.4) is 0 Å². The highest BCUT2D eigenvalue weighted by Crippen LogP contribution is 2.32. The van der Waals surface area contributed by atoms with Gasteiger partial charge in [0.2, 0.25) is 5.82 Å². The van der Waals surface area contributed by atoms with Gasteiger partial charge in [0.05, 0.1) is 12.9 Å².